The summed E-state index contributed by atoms with van der Waals surface area (Å²) in [6.45, 7) is 0. The number of phenolic OH excluding ortho intramolecular Hbond substituents is 2. The minimum atomic E-state index is -3.94. The van der Waals surface area contributed by atoms with E-state index >= 15 is 0 Å². The fourth-order valence-corrected chi connectivity index (χ4v) is 5.99. The zero-order valence-corrected chi connectivity index (χ0v) is 20.5. The highest BCUT2D eigenvalue weighted by Crippen LogP contribution is 2.37. The van der Waals surface area contributed by atoms with Gasteiger partial charge in [0.2, 0.25) is 9.84 Å². The van der Waals surface area contributed by atoms with Gasteiger partial charge in [0.1, 0.15) is 11.5 Å². The van der Waals surface area contributed by atoms with Gasteiger partial charge in [0.05, 0.1) is 9.79 Å². The van der Waals surface area contributed by atoms with Crippen molar-refractivity contribution in [1.82, 2.24) is 0 Å². The van der Waals surface area contributed by atoms with E-state index in [2.05, 4.69) is 0 Å². The standard InChI is InChI=1S/C32H22O4S/c33-31-15-13-27(19-29(31)25-11-9-21-5-1-3-7-23(21)17-25)37(35,36)28-14-16-32(34)30(20-28)26-12-10-22-6-2-4-8-24(22)18-26/h1-20,33-34H. The Morgan fingerprint density at radius 1 is 0.432 bits per heavy atom. The lowest BCUT2D eigenvalue weighted by molar-refractivity contribution is 0.476. The Bertz CT molecular complexity index is 1790. The molecule has 0 aliphatic carbocycles. The van der Waals surface area contributed by atoms with Crippen LogP contribution in [0.1, 0.15) is 0 Å². The first-order chi connectivity index (χ1) is 17.9. The molecule has 0 bridgehead atoms. The number of aromatic hydroxyl groups is 2. The maximum absolute atomic E-state index is 13.7. The fourth-order valence-electron chi connectivity index (χ4n) is 4.68. The van der Waals surface area contributed by atoms with Gasteiger partial charge in [-0.3, -0.25) is 0 Å². The van der Waals surface area contributed by atoms with Crippen LogP contribution in [0.4, 0.5) is 0 Å². The summed E-state index contributed by atoms with van der Waals surface area (Å²) in [7, 11) is -3.94. The molecule has 0 saturated carbocycles. The Kier molecular flexibility index (Phi) is 5.43. The summed E-state index contributed by atoms with van der Waals surface area (Å²) in [5.74, 6) is -0.00594. The Labute approximate surface area is 214 Å². The van der Waals surface area contributed by atoms with Gasteiger partial charge < -0.3 is 10.2 Å². The minimum absolute atomic E-state index is 0.00297. The normalized spacial score (nSPS) is 11.7. The number of benzene rings is 6. The summed E-state index contributed by atoms with van der Waals surface area (Å²) >= 11 is 0. The van der Waals surface area contributed by atoms with Gasteiger partial charge in [0.15, 0.2) is 0 Å². The summed E-state index contributed by atoms with van der Waals surface area (Å²) < 4.78 is 27.4. The van der Waals surface area contributed by atoms with Crippen LogP contribution in [0.15, 0.2) is 131 Å². The zero-order chi connectivity index (χ0) is 25.6. The molecule has 6 aromatic rings. The number of rotatable bonds is 4. The lowest BCUT2D eigenvalue weighted by atomic mass is 10.0. The Hall–Kier alpha value is -4.61. The van der Waals surface area contributed by atoms with Gasteiger partial charge in [-0.2, -0.15) is 0 Å². The van der Waals surface area contributed by atoms with Crippen molar-refractivity contribution in [2.24, 2.45) is 0 Å². The number of sulfone groups is 1. The van der Waals surface area contributed by atoms with E-state index < -0.39 is 9.84 Å². The second kappa shape index (κ2) is 8.80. The highest BCUT2D eigenvalue weighted by atomic mass is 32.2. The molecule has 5 heteroatoms. The molecule has 0 aromatic heterocycles. The van der Waals surface area contributed by atoms with Crippen molar-refractivity contribution < 1.29 is 18.6 Å². The predicted octanol–water partition coefficient (Wildman–Crippen LogP) is 7.57. The van der Waals surface area contributed by atoms with Gasteiger partial charge in [-0.25, -0.2) is 8.42 Å². The molecule has 0 saturated heterocycles. The molecule has 0 amide bonds. The average Bonchev–Trinajstić information content (AvgIpc) is 2.93. The van der Waals surface area contributed by atoms with Crippen LogP contribution in [0.5, 0.6) is 11.5 Å². The van der Waals surface area contributed by atoms with Crippen molar-refractivity contribution in [1.29, 1.82) is 0 Å². The molecule has 6 rings (SSSR count). The molecule has 0 atom stereocenters. The smallest absolute Gasteiger partial charge is 0.206 e. The van der Waals surface area contributed by atoms with E-state index in [-0.39, 0.29) is 21.3 Å². The molecule has 0 radical (unpaired) electrons. The third-order valence-electron chi connectivity index (χ3n) is 6.68. The van der Waals surface area contributed by atoms with E-state index in [1.54, 1.807) is 0 Å². The van der Waals surface area contributed by atoms with Gasteiger partial charge >= 0.3 is 0 Å². The summed E-state index contributed by atoms with van der Waals surface area (Å²) in [6.07, 6.45) is 0. The first-order valence-corrected chi connectivity index (χ1v) is 13.3. The van der Waals surface area contributed by atoms with E-state index in [0.717, 1.165) is 32.7 Å². The van der Waals surface area contributed by atoms with Crippen LogP contribution in [0, 0.1) is 0 Å². The molecule has 180 valence electrons. The van der Waals surface area contributed by atoms with Crippen LogP contribution in [-0.2, 0) is 9.84 Å². The van der Waals surface area contributed by atoms with E-state index in [1.807, 2.05) is 84.9 Å². The maximum atomic E-state index is 13.7. The van der Waals surface area contributed by atoms with Gasteiger partial charge in [-0.05, 0) is 81.2 Å². The summed E-state index contributed by atoms with van der Waals surface area (Å²) in [4.78, 5) is 0.118. The Morgan fingerprint density at radius 3 is 1.27 bits per heavy atom. The Balaban J connectivity index is 1.44. The van der Waals surface area contributed by atoms with Crippen molar-refractivity contribution in [3.05, 3.63) is 121 Å². The highest BCUT2D eigenvalue weighted by molar-refractivity contribution is 7.91. The van der Waals surface area contributed by atoms with Gasteiger partial charge in [-0.1, -0.05) is 72.8 Å². The molecule has 4 nitrogen and oxygen atoms in total. The monoisotopic (exact) mass is 502 g/mol. The second-order valence-corrected chi connectivity index (χ2v) is 10.9. The predicted molar refractivity (Wildman–Crippen MR) is 148 cm³/mol. The summed E-state index contributed by atoms with van der Waals surface area (Å²) in [5.41, 5.74) is 2.30. The van der Waals surface area contributed by atoms with Crippen LogP contribution < -0.4 is 0 Å². The fraction of sp³-hybridized carbons (Fsp3) is 0. The average molecular weight is 503 g/mol. The topological polar surface area (TPSA) is 74.6 Å². The molecule has 0 spiro atoms. The van der Waals surface area contributed by atoms with Crippen molar-refractivity contribution in [3.8, 4) is 33.8 Å². The minimum Gasteiger partial charge on any atom is -0.507 e. The van der Waals surface area contributed by atoms with Crippen LogP contribution in [0.25, 0.3) is 43.8 Å². The molecule has 0 aliphatic rings. The molecular weight excluding hydrogens is 480 g/mol. The highest BCUT2D eigenvalue weighted by Gasteiger charge is 2.22. The first kappa shape index (κ1) is 22.8. The van der Waals surface area contributed by atoms with Gasteiger partial charge in [0, 0.05) is 11.1 Å². The van der Waals surface area contributed by atoms with E-state index in [1.165, 1.54) is 36.4 Å². The molecule has 0 heterocycles. The second-order valence-electron chi connectivity index (χ2n) is 8.99. The third-order valence-corrected chi connectivity index (χ3v) is 8.43. The van der Waals surface area contributed by atoms with Crippen LogP contribution >= 0.6 is 0 Å². The maximum Gasteiger partial charge on any atom is 0.206 e. The van der Waals surface area contributed by atoms with Crippen molar-refractivity contribution in [2.45, 2.75) is 9.79 Å². The van der Waals surface area contributed by atoms with E-state index in [9.17, 15) is 18.6 Å². The third kappa shape index (κ3) is 4.09. The van der Waals surface area contributed by atoms with Gasteiger partial charge in [0.25, 0.3) is 0 Å². The van der Waals surface area contributed by atoms with Crippen molar-refractivity contribution in [2.75, 3.05) is 0 Å². The first-order valence-electron chi connectivity index (χ1n) is 11.8. The number of hydrogen-bond acceptors (Lipinski definition) is 4. The molecule has 2 N–H and O–H groups in total. The van der Waals surface area contributed by atoms with E-state index in [0.29, 0.717) is 11.1 Å². The number of fused-ring (bicyclic) bond motifs is 2. The quantitative estimate of drug-likeness (QED) is 0.261. The van der Waals surface area contributed by atoms with Crippen LogP contribution in [0.3, 0.4) is 0 Å². The SMILES string of the molecule is O=S(=O)(c1ccc(O)c(-c2ccc3ccccc3c2)c1)c1ccc(O)c(-c2ccc3ccccc3c2)c1. The van der Waals surface area contributed by atoms with Crippen molar-refractivity contribution in [3.63, 3.8) is 0 Å². The van der Waals surface area contributed by atoms with Crippen LogP contribution in [-0.4, -0.2) is 18.6 Å². The molecule has 0 fully saturated rings. The largest absolute Gasteiger partial charge is 0.507 e. The number of phenols is 2. The zero-order valence-electron chi connectivity index (χ0n) is 19.7. The van der Waals surface area contributed by atoms with Crippen molar-refractivity contribution >= 4 is 31.4 Å². The van der Waals surface area contributed by atoms with Gasteiger partial charge in [-0.15, -0.1) is 0 Å². The number of hydrogen-bond donors (Lipinski definition) is 2. The molecular formula is C32H22O4S. The van der Waals surface area contributed by atoms with E-state index in [4.69, 9.17) is 0 Å². The summed E-state index contributed by atoms with van der Waals surface area (Å²) in [5, 5.41) is 25.3. The lowest BCUT2D eigenvalue weighted by Gasteiger charge is -2.12. The molecule has 0 unspecified atom stereocenters. The molecule has 6 aromatic carbocycles. The summed E-state index contributed by atoms with van der Waals surface area (Å²) in [6, 6.07) is 35.8. The van der Waals surface area contributed by atoms with Crippen LogP contribution in [0.2, 0.25) is 0 Å². The Morgan fingerprint density at radius 2 is 0.838 bits per heavy atom. The molecule has 0 aliphatic heterocycles. The lowest BCUT2D eigenvalue weighted by Crippen LogP contribution is -2.02. The molecule has 37 heavy (non-hydrogen) atoms.